The Morgan fingerprint density at radius 3 is 2.52 bits per heavy atom. The molecule has 0 aliphatic carbocycles. The lowest BCUT2D eigenvalue weighted by Gasteiger charge is -2.06. The molecule has 146 valence electrons. The van der Waals surface area contributed by atoms with Crippen LogP contribution in [-0.4, -0.2) is 23.4 Å². The van der Waals surface area contributed by atoms with Gasteiger partial charge in [-0.3, -0.25) is 9.59 Å². The van der Waals surface area contributed by atoms with E-state index in [1.807, 2.05) is 55.5 Å². The number of benzene rings is 3. The molecule has 0 aliphatic rings. The van der Waals surface area contributed by atoms with Crippen LogP contribution in [0, 0.1) is 6.92 Å². The van der Waals surface area contributed by atoms with Gasteiger partial charge in [-0.05, 0) is 43.3 Å². The van der Waals surface area contributed by atoms with E-state index in [0.717, 1.165) is 33.2 Å². The first-order valence-electron chi connectivity index (χ1n) is 9.15. The third kappa shape index (κ3) is 4.60. The minimum absolute atomic E-state index is 0.0888. The first-order chi connectivity index (χ1) is 14.1. The molecule has 1 heterocycles. The van der Waals surface area contributed by atoms with Crippen molar-refractivity contribution in [2.45, 2.75) is 6.92 Å². The van der Waals surface area contributed by atoms with E-state index < -0.39 is 5.97 Å². The maximum Gasteiger partial charge on any atom is 0.321 e. The van der Waals surface area contributed by atoms with E-state index in [4.69, 9.17) is 9.15 Å². The number of carbonyl (C=O) groups is 2. The third-order valence-electron chi connectivity index (χ3n) is 4.37. The Morgan fingerprint density at radius 1 is 0.931 bits per heavy atom. The zero-order valence-corrected chi connectivity index (χ0v) is 16.6. The number of hydrogen-bond donors (Lipinski definition) is 1. The van der Waals surface area contributed by atoms with Crippen LogP contribution in [0.15, 0.2) is 71.1 Å². The summed E-state index contributed by atoms with van der Waals surface area (Å²) in [5, 5.41) is 4.68. The maximum atomic E-state index is 12.1. The summed E-state index contributed by atoms with van der Waals surface area (Å²) in [6, 6.07) is 20.6. The van der Waals surface area contributed by atoms with Gasteiger partial charge in [0.1, 0.15) is 16.9 Å². The van der Waals surface area contributed by atoms with Crippen molar-refractivity contribution in [3.8, 4) is 5.75 Å². The van der Waals surface area contributed by atoms with Crippen LogP contribution in [0.1, 0.15) is 5.56 Å². The van der Waals surface area contributed by atoms with Gasteiger partial charge < -0.3 is 14.5 Å². The summed E-state index contributed by atoms with van der Waals surface area (Å²) < 4.78 is 11.2. The molecule has 0 fully saturated rings. The fourth-order valence-corrected chi connectivity index (χ4v) is 3.58. The number of fused-ring (bicyclic) bond motifs is 3. The molecule has 4 rings (SSSR count). The highest BCUT2D eigenvalue weighted by atomic mass is 32.2. The Bertz CT molecular complexity index is 1180. The predicted octanol–water partition coefficient (Wildman–Crippen LogP) is 5.17. The maximum absolute atomic E-state index is 12.1. The minimum Gasteiger partial charge on any atom is -0.456 e. The van der Waals surface area contributed by atoms with Crippen LogP contribution in [0.25, 0.3) is 21.9 Å². The fraction of sp³-hybridized carbons (Fsp3) is 0.130. The van der Waals surface area contributed by atoms with Crippen molar-refractivity contribution in [3.05, 3.63) is 72.3 Å². The molecule has 0 radical (unpaired) electrons. The van der Waals surface area contributed by atoms with Crippen LogP contribution in [0.3, 0.4) is 0 Å². The molecule has 4 aromatic rings. The lowest BCUT2D eigenvalue weighted by Crippen LogP contribution is -2.17. The first-order valence-corrected chi connectivity index (χ1v) is 10.3. The first kappa shape index (κ1) is 19.1. The molecule has 6 heteroatoms. The second-order valence-corrected chi connectivity index (χ2v) is 7.62. The molecule has 0 spiro atoms. The van der Waals surface area contributed by atoms with Gasteiger partial charge >= 0.3 is 5.97 Å². The highest BCUT2D eigenvalue weighted by Crippen LogP contribution is 2.31. The van der Waals surface area contributed by atoms with Gasteiger partial charge in [0, 0.05) is 16.5 Å². The van der Waals surface area contributed by atoms with Crippen molar-refractivity contribution in [3.63, 3.8) is 0 Å². The number of esters is 1. The van der Waals surface area contributed by atoms with Crippen molar-refractivity contribution in [2.24, 2.45) is 0 Å². The van der Waals surface area contributed by atoms with E-state index in [0.29, 0.717) is 5.75 Å². The molecule has 1 aromatic heterocycles. The second-order valence-electron chi connectivity index (χ2n) is 6.64. The second kappa shape index (κ2) is 8.41. The number of thioether (sulfide) groups is 1. The molecular formula is C23H19NO4S. The lowest BCUT2D eigenvalue weighted by atomic mass is 10.1. The van der Waals surface area contributed by atoms with Crippen molar-refractivity contribution in [1.29, 1.82) is 0 Å². The molecule has 5 nitrogen and oxygen atoms in total. The third-order valence-corrected chi connectivity index (χ3v) is 5.27. The van der Waals surface area contributed by atoms with Crippen LogP contribution >= 0.6 is 11.8 Å². The Balaban J connectivity index is 1.31. The number of amides is 1. The number of anilines is 1. The van der Waals surface area contributed by atoms with Crippen molar-refractivity contribution < 1.29 is 18.7 Å². The van der Waals surface area contributed by atoms with Crippen molar-refractivity contribution >= 4 is 51.3 Å². The average molecular weight is 405 g/mol. The molecule has 29 heavy (non-hydrogen) atoms. The predicted molar refractivity (Wildman–Crippen MR) is 116 cm³/mol. The van der Waals surface area contributed by atoms with Gasteiger partial charge in [0.05, 0.1) is 11.5 Å². The quantitative estimate of drug-likeness (QED) is 0.354. The number of hydrogen-bond acceptors (Lipinski definition) is 5. The van der Waals surface area contributed by atoms with E-state index in [1.165, 1.54) is 11.8 Å². The van der Waals surface area contributed by atoms with Gasteiger partial charge in [-0.15, -0.1) is 11.8 Å². The molecule has 0 saturated carbocycles. The summed E-state index contributed by atoms with van der Waals surface area (Å²) in [5.41, 5.74) is 3.40. The van der Waals surface area contributed by atoms with Crippen LogP contribution < -0.4 is 10.1 Å². The molecular weight excluding hydrogens is 386 g/mol. The van der Waals surface area contributed by atoms with Gasteiger partial charge in [-0.25, -0.2) is 0 Å². The van der Waals surface area contributed by atoms with E-state index in [9.17, 15) is 9.59 Å². The van der Waals surface area contributed by atoms with E-state index >= 15 is 0 Å². The highest BCUT2D eigenvalue weighted by Gasteiger charge is 2.11. The highest BCUT2D eigenvalue weighted by molar-refractivity contribution is 8.00. The molecule has 3 aromatic carbocycles. The Morgan fingerprint density at radius 2 is 1.69 bits per heavy atom. The number of nitrogens with one attached hydrogen (secondary N) is 1. The van der Waals surface area contributed by atoms with Crippen molar-refractivity contribution in [1.82, 2.24) is 0 Å². The number of ether oxygens (including phenoxy) is 1. The number of rotatable bonds is 6. The normalized spacial score (nSPS) is 10.9. The summed E-state index contributed by atoms with van der Waals surface area (Å²) in [6.45, 7) is 1.99. The van der Waals surface area contributed by atoms with Gasteiger partial charge in [-0.2, -0.15) is 0 Å². The summed E-state index contributed by atoms with van der Waals surface area (Å²) in [7, 11) is 0. The topological polar surface area (TPSA) is 68.5 Å². The molecule has 0 atom stereocenters. The number of carbonyl (C=O) groups excluding carboxylic acids is 2. The van der Waals surface area contributed by atoms with Gasteiger partial charge in [0.25, 0.3) is 0 Å². The standard InChI is InChI=1S/C23H19NO4S/c1-15-6-8-16(9-7-15)24-22(25)13-29-14-23(26)27-17-10-11-21-19(12-17)18-4-2-3-5-20(18)28-21/h2-12H,13-14H2,1H3,(H,24,25). The van der Waals surface area contributed by atoms with Crippen LogP contribution in [0.2, 0.25) is 0 Å². The molecule has 0 bridgehead atoms. The molecule has 0 unspecified atom stereocenters. The smallest absolute Gasteiger partial charge is 0.321 e. The van der Waals surface area contributed by atoms with Crippen LogP contribution in [-0.2, 0) is 9.59 Å². The van der Waals surface area contributed by atoms with Gasteiger partial charge in [-0.1, -0.05) is 35.9 Å². The number of furan rings is 1. The Labute approximate surface area is 172 Å². The van der Waals surface area contributed by atoms with E-state index in [2.05, 4.69) is 5.32 Å². The molecule has 1 N–H and O–H groups in total. The number of aryl methyl sites for hydroxylation is 1. The molecule has 0 aliphatic heterocycles. The molecule has 0 saturated heterocycles. The molecule has 1 amide bonds. The van der Waals surface area contributed by atoms with Gasteiger partial charge in [0.2, 0.25) is 5.91 Å². The summed E-state index contributed by atoms with van der Waals surface area (Å²) in [5.74, 6) is 0.168. The summed E-state index contributed by atoms with van der Waals surface area (Å²) >= 11 is 1.21. The SMILES string of the molecule is Cc1ccc(NC(=O)CSCC(=O)Oc2ccc3oc4ccccc4c3c2)cc1. The van der Waals surface area contributed by atoms with Gasteiger partial charge in [0.15, 0.2) is 0 Å². The Hall–Kier alpha value is -3.25. The van der Waals surface area contributed by atoms with Crippen LogP contribution in [0.4, 0.5) is 5.69 Å². The monoisotopic (exact) mass is 405 g/mol. The van der Waals surface area contributed by atoms with E-state index in [-0.39, 0.29) is 17.4 Å². The van der Waals surface area contributed by atoms with Crippen LogP contribution in [0.5, 0.6) is 5.75 Å². The fourth-order valence-electron chi connectivity index (χ4n) is 2.99. The van der Waals surface area contributed by atoms with E-state index in [1.54, 1.807) is 18.2 Å². The largest absolute Gasteiger partial charge is 0.456 e. The zero-order chi connectivity index (χ0) is 20.2. The Kier molecular flexibility index (Phi) is 5.53. The van der Waals surface area contributed by atoms with Crippen molar-refractivity contribution in [2.75, 3.05) is 16.8 Å². The minimum atomic E-state index is -0.398. The average Bonchev–Trinajstić information content (AvgIpc) is 3.08. The lowest BCUT2D eigenvalue weighted by molar-refractivity contribution is -0.131. The summed E-state index contributed by atoms with van der Waals surface area (Å²) in [4.78, 5) is 24.1. The number of para-hydroxylation sites is 1. The zero-order valence-electron chi connectivity index (χ0n) is 15.8. The summed E-state index contributed by atoms with van der Waals surface area (Å²) in [6.07, 6.45) is 0.